The summed E-state index contributed by atoms with van der Waals surface area (Å²) in [7, 11) is 0. The number of unbranched alkanes of at least 4 members (excludes halogenated alkanes) is 2. The van der Waals surface area contributed by atoms with Crippen LogP contribution in [0.1, 0.15) is 70.6 Å². The van der Waals surface area contributed by atoms with E-state index < -0.39 is 0 Å². The van der Waals surface area contributed by atoms with Crippen molar-refractivity contribution >= 4 is 11.9 Å². The molecule has 0 spiro atoms. The molecule has 1 N–H and O–H groups in total. The third-order valence-electron chi connectivity index (χ3n) is 5.55. The standard InChI is InChI=1S/C19H30O6/c20-14-6-8-15(9-7-14)24-18(21)4-2-1-3-11-23-19(22)13-5-10-16-17(12-13)25-16/h13-17,20H,1-12H2. The number of aliphatic hydroxyl groups excluding tert-OH is 1. The summed E-state index contributed by atoms with van der Waals surface area (Å²) >= 11 is 0. The van der Waals surface area contributed by atoms with Crippen molar-refractivity contribution in [3.05, 3.63) is 0 Å². The number of carbonyl (C=O) groups is 2. The maximum atomic E-state index is 12.0. The monoisotopic (exact) mass is 354 g/mol. The molecule has 0 bridgehead atoms. The highest BCUT2D eigenvalue weighted by Gasteiger charge is 2.46. The van der Waals surface area contributed by atoms with E-state index in [1.807, 2.05) is 0 Å². The van der Waals surface area contributed by atoms with Crippen LogP contribution in [0.5, 0.6) is 0 Å². The second kappa shape index (κ2) is 8.99. The van der Waals surface area contributed by atoms with Crippen molar-refractivity contribution < 1.29 is 28.9 Å². The molecule has 0 aromatic heterocycles. The first-order valence-electron chi connectivity index (χ1n) is 9.81. The zero-order valence-electron chi connectivity index (χ0n) is 14.9. The number of hydrogen-bond donors (Lipinski definition) is 1. The van der Waals surface area contributed by atoms with Crippen molar-refractivity contribution in [2.75, 3.05) is 6.61 Å². The number of epoxide rings is 1. The Morgan fingerprint density at radius 2 is 1.76 bits per heavy atom. The highest BCUT2D eigenvalue weighted by atomic mass is 16.6. The van der Waals surface area contributed by atoms with E-state index in [-0.39, 0.29) is 30.1 Å². The minimum absolute atomic E-state index is 0.00717. The van der Waals surface area contributed by atoms with Crippen molar-refractivity contribution in [2.45, 2.75) is 95.0 Å². The second-order valence-corrected chi connectivity index (χ2v) is 7.62. The highest BCUT2D eigenvalue weighted by molar-refractivity contribution is 5.72. The molecule has 6 heteroatoms. The van der Waals surface area contributed by atoms with E-state index in [0.29, 0.717) is 25.2 Å². The number of hydrogen-bond acceptors (Lipinski definition) is 6. The van der Waals surface area contributed by atoms with Gasteiger partial charge in [-0.3, -0.25) is 9.59 Å². The third kappa shape index (κ3) is 5.96. The van der Waals surface area contributed by atoms with Gasteiger partial charge in [-0.15, -0.1) is 0 Å². The summed E-state index contributed by atoms with van der Waals surface area (Å²) in [4.78, 5) is 23.8. The molecular weight excluding hydrogens is 324 g/mol. The molecular formula is C19H30O6. The van der Waals surface area contributed by atoms with Gasteiger partial charge in [-0.25, -0.2) is 0 Å². The van der Waals surface area contributed by atoms with Crippen molar-refractivity contribution in [1.29, 1.82) is 0 Å². The number of esters is 2. The van der Waals surface area contributed by atoms with Crippen LogP contribution in [0.4, 0.5) is 0 Å². The third-order valence-corrected chi connectivity index (χ3v) is 5.55. The maximum absolute atomic E-state index is 12.0. The fraction of sp³-hybridized carbons (Fsp3) is 0.895. The molecule has 3 rings (SSSR count). The largest absolute Gasteiger partial charge is 0.465 e. The van der Waals surface area contributed by atoms with Gasteiger partial charge in [0.1, 0.15) is 6.10 Å². The maximum Gasteiger partial charge on any atom is 0.309 e. The Morgan fingerprint density at radius 3 is 2.52 bits per heavy atom. The molecule has 0 aromatic rings. The molecule has 2 saturated carbocycles. The SMILES string of the molecule is O=C(CCCCCOC(=O)C1CCC2OC2C1)OC1CCC(O)CC1. The average Bonchev–Trinajstić information content (AvgIpc) is 3.38. The van der Waals surface area contributed by atoms with Gasteiger partial charge in [0, 0.05) is 6.42 Å². The van der Waals surface area contributed by atoms with E-state index in [1.165, 1.54) is 0 Å². The molecule has 3 unspecified atom stereocenters. The van der Waals surface area contributed by atoms with E-state index in [4.69, 9.17) is 14.2 Å². The van der Waals surface area contributed by atoms with E-state index in [0.717, 1.165) is 64.2 Å². The molecule has 2 aliphatic carbocycles. The van der Waals surface area contributed by atoms with Crippen LogP contribution in [0.3, 0.4) is 0 Å². The zero-order chi connectivity index (χ0) is 17.6. The number of ether oxygens (including phenoxy) is 3. The molecule has 142 valence electrons. The Hall–Kier alpha value is -1.14. The molecule has 1 heterocycles. The van der Waals surface area contributed by atoms with Gasteiger partial charge in [-0.05, 0) is 64.2 Å². The normalized spacial score (nSPS) is 34.0. The predicted octanol–water partition coefficient (Wildman–Crippen LogP) is 2.50. The average molecular weight is 354 g/mol. The van der Waals surface area contributed by atoms with Crippen LogP contribution in [0.25, 0.3) is 0 Å². The van der Waals surface area contributed by atoms with Crippen LogP contribution >= 0.6 is 0 Å². The van der Waals surface area contributed by atoms with Gasteiger partial charge in [-0.2, -0.15) is 0 Å². The lowest BCUT2D eigenvalue weighted by atomic mass is 9.89. The lowest BCUT2D eigenvalue weighted by molar-refractivity contribution is -0.152. The van der Waals surface area contributed by atoms with Gasteiger partial charge in [0.15, 0.2) is 0 Å². The summed E-state index contributed by atoms with van der Waals surface area (Å²) < 4.78 is 16.2. The van der Waals surface area contributed by atoms with Gasteiger partial charge >= 0.3 is 11.9 Å². The molecule has 3 fully saturated rings. The Balaban J connectivity index is 1.17. The van der Waals surface area contributed by atoms with Crippen LogP contribution in [0.2, 0.25) is 0 Å². The van der Waals surface area contributed by atoms with Crippen molar-refractivity contribution in [3.8, 4) is 0 Å². The fourth-order valence-corrected chi connectivity index (χ4v) is 3.86. The lowest BCUT2D eigenvalue weighted by Crippen LogP contribution is -2.26. The zero-order valence-corrected chi connectivity index (χ0v) is 14.9. The summed E-state index contributed by atoms with van der Waals surface area (Å²) in [5.74, 6) is -0.236. The van der Waals surface area contributed by atoms with Crippen LogP contribution in [-0.2, 0) is 23.8 Å². The van der Waals surface area contributed by atoms with Crippen molar-refractivity contribution in [1.82, 2.24) is 0 Å². The first-order valence-corrected chi connectivity index (χ1v) is 9.81. The number of carbonyl (C=O) groups excluding carboxylic acids is 2. The summed E-state index contributed by atoms with van der Waals surface area (Å²) in [5, 5.41) is 9.44. The Morgan fingerprint density at radius 1 is 0.960 bits per heavy atom. The van der Waals surface area contributed by atoms with Crippen LogP contribution in [0.15, 0.2) is 0 Å². The molecule has 3 aliphatic rings. The molecule has 3 atom stereocenters. The molecule has 0 aromatic carbocycles. The van der Waals surface area contributed by atoms with E-state index in [2.05, 4.69) is 0 Å². The Bertz CT molecular complexity index is 457. The minimum Gasteiger partial charge on any atom is -0.465 e. The molecule has 1 aliphatic heterocycles. The minimum atomic E-state index is -0.232. The van der Waals surface area contributed by atoms with Gasteiger partial charge in [0.05, 0.1) is 30.8 Å². The molecule has 0 radical (unpaired) electrons. The topological polar surface area (TPSA) is 85.4 Å². The number of rotatable bonds is 8. The predicted molar refractivity (Wildman–Crippen MR) is 89.8 cm³/mol. The lowest BCUT2D eigenvalue weighted by Gasteiger charge is -2.25. The molecule has 0 amide bonds. The molecule has 25 heavy (non-hydrogen) atoms. The number of aliphatic hydroxyl groups is 1. The number of fused-ring (bicyclic) bond motifs is 1. The second-order valence-electron chi connectivity index (χ2n) is 7.62. The summed E-state index contributed by atoms with van der Waals surface area (Å²) in [5.41, 5.74) is 0. The van der Waals surface area contributed by atoms with Gasteiger partial charge in [-0.1, -0.05) is 0 Å². The fourth-order valence-electron chi connectivity index (χ4n) is 3.86. The first-order chi connectivity index (χ1) is 12.1. The van der Waals surface area contributed by atoms with E-state index in [9.17, 15) is 14.7 Å². The van der Waals surface area contributed by atoms with Gasteiger partial charge in [0.25, 0.3) is 0 Å². The Kier molecular flexibility index (Phi) is 6.70. The highest BCUT2D eigenvalue weighted by Crippen LogP contribution is 2.39. The first kappa shape index (κ1) is 18.6. The summed E-state index contributed by atoms with van der Waals surface area (Å²) in [6.07, 6.45) is 8.88. The van der Waals surface area contributed by atoms with Crippen LogP contribution in [-0.4, -0.2) is 48.1 Å². The van der Waals surface area contributed by atoms with E-state index in [1.54, 1.807) is 0 Å². The summed E-state index contributed by atoms with van der Waals surface area (Å²) in [6.45, 7) is 0.430. The van der Waals surface area contributed by atoms with Crippen molar-refractivity contribution in [2.24, 2.45) is 5.92 Å². The molecule has 1 saturated heterocycles. The molecule has 6 nitrogen and oxygen atoms in total. The van der Waals surface area contributed by atoms with Gasteiger partial charge in [0.2, 0.25) is 0 Å². The smallest absolute Gasteiger partial charge is 0.309 e. The van der Waals surface area contributed by atoms with Gasteiger partial charge < -0.3 is 19.3 Å². The van der Waals surface area contributed by atoms with E-state index >= 15 is 0 Å². The van der Waals surface area contributed by atoms with Crippen LogP contribution < -0.4 is 0 Å². The van der Waals surface area contributed by atoms with Crippen molar-refractivity contribution in [3.63, 3.8) is 0 Å². The van der Waals surface area contributed by atoms with Crippen LogP contribution in [0, 0.1) is 5.92 Å². The quantitative estimate of drug-likeness (QED) is 0.409. The summed E-state index contributed by atoms with van der Waals surface area (Å²) in [6, 6.07) is 0. The Labute approximate surface area is 149 Å².